The molecular formula is C66H100N24O16. The number of imidazole rings is 2. The number of hydrogen-bond acceptors (Lipinski definition) is 21. The number of carbonyl (C=O) groups excluding carboxylic acids is 13. The van der Waals surface area contributed by atoms with Crippen molar-refractivity contribution in [3.63, 3.8) is 0 Å². The largest absolute Gasteiger partial charge is 0.508 e. The van der Waals surface area contributed by atoms with Gasteiger partial charge in [0.05, 0.1) is 42.6 Å². The summed E-state index contributed by atoms with van der Waals surface area (Å²) < 4.78 is 0. The van der Waals surface area contributed by atoms with Crippen LogP contribution in [0, 0.1) is 22.7 Å². The Morgan fingerprint density at radius 3 is 1.26 bits per heavy atom. The molecule has 0 radical (unpaired) electrons. The Balaban J connectivity index is 1.59. The normalized spacial score (nSPS) is 14.5. The number of nitrogens with two attached hydrogens (primary N) is 6. The second-order valence-electron chi connectivity index (χ2n) is 26.0. The molecule has 0 spiro atoms. The van der Waals surface area contributed by atoms with Gasteiger partial charge in [-0.25, -0.2) is 9.97 Å². The van der Waals surface area contributed by atoms with Crippen LogP contribution >= 0.6 is 0 Å². The van der Waals surface area contributed by atoms with Crippen LogP contribution in [0.25, 0.3) is 0 Å². The highest BCUT2D eigenvalue weighted by Crippen LogP contribution is 2.17. The van der Waals surface area contributed by atoms with Gasteiger partial charge in [0.2, 0.25) is 76.8 Å². The van der Waals surface area contributed by atoms with E-state index >= 15 is 0 Å². The number of H-pyrrole nitrogens is 2. The summed E-state index contributed by atoms with van der Waals surface area (Å²) in [6.45, 7) is 7.52. The molecule has 12 atom stereocenters. The number of hydrogen-bond donors (Lipinski definition) is 25. The smallest absolute Gasteiger partial charge is 0.245 e. The monoisotopic (exact) mass is 1480 g/mol. The SMILES string of the molecule is CC(C)C[C@H](NC(=O)[C@H](Cc1ccc(O)cc1)NC(=O)[C@@H](N)Cc1c[nH]cn1)C(=O)N[C@@H](CC(N)=O)C(=O)N[C@@H](Cc1c[nH]cn1)C(=O)N[C@H](C(=O)N[C@H](C(=O)N[C@@H](CCCNC(=N)N)C(=O)N[C@@H](CCC(N)=O)C(=O)N[C@@H](CCCNC(=N)N)C(=O)N[C@@H](Cc1ccc(O)cc1)C(N)=O)[C@@H](C)O)C(C)C. The second kappa shape index (κ2) is 43.2. The van der Waals surface area contributed by atoms with E-state index < -0.39 is 193 Å². The molecule has 580 valence electrons. The molecule has 4 aromatic rings. The van der Waals surface area contributed by atoms with Gasteiger partial charge in [0.1, 0.15) is 71.9 Å². The first-order chi connectivity index (χ1) is 50.0. The summed E-state index contributed by atoms with van der Waals surface area (Å²) >= 11 is 0. The molecule has 0 fully saturated rings. The van der Waals surface area contributed by atoms with Crippen LogP contribution in [-0.2, 0) is 88.0 Å². The number of rotatable bonds is 46. The number of guanidine groups is 2. The van der Waals surface area contributed by atoms with Crippen LogP contribution in [0.4, 0.5) is 0 Å². The van der Waals surface area contributed by atoms with E-state index in [-0.39, 0.29) is 87.6 Å². The molecule has 0 aliphatic carbocycles. The topological polar surface area (TPSA) is 688 Å². The number of carbonyl (C=O) groups is 13. The fourth-order valence-corrected chi connectivity index (χ4v) is 10.6. The number of primary amides is 3. The summed E-state index contributed by atoms with van der Waals surface area (Å²) in [5.41, 5.74) is 35.5. The summed E-state index contributed by atoms with van der Waals surface area (Å²) in [7, 11) is 0. The van der Waals surface area contributed by atoms with Crippen molar-refractivity contribution in [1.29, 1.82) is 10.8 Å². The van der Waals surface area contributed by atoms with E-state index in [4.69, 9.17) is 45.2 Å². The predicted molar refractivity (Wildman–Crippen MR) is 381 cm³/mol. The van der Waals surface area contributed by atoms with E-state index in [0.29, 0.717) is 16.8 Å². The van der Waals surface area contributed by atoms with Gasteiger partial charge < -0.3 is 123 Å². The highest BCUT2D eigenvalue weighted by Gasteiger charge is 2.39. The summed E-state index contributed by atoms with van der Waals surface area (Å²) in [6, 6.07) is -5.82. The van der Waals surface area contributed by atoms with Crippen molar-refractivity contribution in [3.8, 4) is 11.5 Å². The molecule has 106 heavy (non-hydrogen) atoms. The Bertz CT molecular complexity index is 3630. The minimum Gasteiger partial charge on any atom is -0.508 e. The molecule has 0 saturated heterocycles. The second-order valence-corrected chi connectivity index (χ2v) is 26.0. The molecule has 13 amide bonds. The van der Waals surface area contributed by atoms with Crippen molar-refractivity contribution in [2.45, 2.75) is 184 Å². The van der Waals surface area contributed by atoms with Crippen LogP contribution in [0.5, 0.6) is 11.5 Å². The first kappa shape index (κ1) is 86.4. The zero-order valence-electron chi connectivity index (χ0n) is 59.4. The highest BCUT2D eigenvalue weighted by atomic mass is 16.3. The van der Waals surface area contributed by atoms with Crippen LogP contribution in [0.2, 0.25) is 0 Å². The van der Waals surface area contributed by atoms with Crippen molar-refractivity contribution >= 4 is 88.7 Å². The van der Waals surface area contributed by atoms with Crippen LogP contribution in [-0.4, -0.2) is 210 Å². The molecule has 2 heterocycles. The van der Waals surface area contributed by atoms with Crippen LogP contribution in [0.3, 0.4) is 0 Å². The van der Waals surface area contributed by atoms with E-state index in [1.54, 1.807) is 13.8 Å². The molecular weight excluding hydrogens is 1380 g/mol. The lowest BCUT2D eigenvalue weighted by molar-refractivity contribution is -0.138. The number of phenols is 2. The number of amides is 13. The lowest BCUT2D eigenvalue weighted by atomic mass is 9.99. The van der Waals surface area contributed by atoms with Gasteiger partial charge >= 0.3 is 0 Å². The van der Waals surface area contributed by atoms with E-state index in [1.807, 2.05) is 0 Å². The fourth-order valence-electron chi connectivity index (χ4n) is 10.6. The molecule has 0 aliphatic rings. The molecule has 0 aliphatic heterocycles. The standard InChI is InChI=1S/C66H100N24O16/c1-32(2)22-46(86-60(102)47(24-36-12-16-40(93)17-13-36)85-55(97)41(67)25-37-28-75-30-79-37)59(101)88-49(27-51(69)95)61(103)87-48(26-38-29-76-31-80-38)62(104)89-52(33(3)4)63(105)90-53(34(5)91)64(106)83-43(9-7-21-78-66(73)74)56(98)82-44(18-19-50(68)94)58(100)81-42(8-6-20-77-65(71)72)57(99)84-45(54(70)96)23-35-10-14-39(92)15-11-35/h10-17,28-34,41-49,52-53,91-93H,6-9,18-27,67H2,1-5H3,(H2,68,94)(H2,69,95)(H2,70,96)(H,75,79)(H,76,80)(H,81,100)(H,82,98)(H,83,106)(H,84,99)(H,85,97)(H,86,102)(H,87,103)(H,88,101)(H,89,104)(H,90,105)(H4,71,72,77)(H4,73,74,78)/t34-,41+,42+,43+,44+,45+,46+,47+,48+,49+,52+,53+/m1/s1. The number of aliphatic hydroxyl groups is 1. The van der Waals surface area contributed by atoms with Crippen LogP contribution in [0.1, 0.15) is 109 Å². The zero-order valence-corrected chi connectivity index (χ0v) is 59.4. The Kier molecular flexibility index (Phi) is 35.2. The molecule has 40 nitrogen and oxygen atoms in total. The van der Waals surface area contributed by atoms with Gasteiger partial charge in [0, 0.05) is 57.6 Å². The molecule has 0 bridgehead atoms. The Labute approximate surface area is 609 Å². The van der Waals surface area contributed by atoms with Gasteiger partial charge in [0.15, 0.2) is 11.9 Å². The summed E-state index contributed by atoms with van der Waals surface area (Å²) in [4.78, 5) is 194. The third-order valence-corrected chi connectivity index (χ3v) is 16.2. The quantitative estimate of drug-likeness (QED) is 0.0111. The third-order valence-electron chi connectivity index (χ3n) is 16.2. The zero-order chi connectivity index (χ0) is 78.9. The Hall–Kier alpha value is -12.0. The molecule has 2 aromatic heterocycles. The van der Waals surface area contributed by atoms with Crippen molar-refractivity contribution in [3.05, 3.63) is 96.1 Å². The molecule has 0 unspecified atom stereocenters. The van der Waals surface area contributed by atoms with Crippen molar-refractivity contribution in [2.75, 3.05) is 13.1 Å². The van der Waals surface area contributed by atoms with Crippen molar-refractivity contribution in [2.24, 2.45) is 46.2 Å². The van der Waals surface area contributed by atoms with Gasteiger partial charge in [-0.3, -0.25) is 73.1 Å². The maximum atomic E-state index is 14.6. The minimum atomic E-state index is -1.93. The molecule has 2 aromatic carbocycles. The minimum absolute atomic E-state index is 0.0125. The number of nitrogens with zero attached hydrogens (tertiary/aromatic N) is 2. The van der Waals surface area contributed by atoms with Crippen molar-refractivity contribution in [1.82, 2.24) is 83.7 Å². The van der Waals surface area contributed by atoms with Gasteiger partial charge in [-0.15, -0.1) is 0 Å². The molecule has 40 heteroatoms. The van der Waals surface area contributed by atoms with E-state index in [9.17, 15) is 77.6 Å². The first-order valence-electron chi connectivity index (χ1n) is 34.0. The number of aromatic hydroxyl groups is 2. The predicted octanol–water partition coefficient (Wildman–Crippen LogP) is -6.77. The maximum Gasteiger partial charge on any atom is 0.245 e. The number of aromatic nitrogens is 4. The van der Waals surface area contributed by atoms with Gasteiger partial charge in [-0.2, -0.15) is 0 Å². The van der Waals surface area contributed by atoms with Crippen LogP contribution < -0.4 is 98.2 Å². The third kappa shape index (κ3) is 30.9. The van der Waals surface area contributed by atoms with Gasteiger partial charge in [-0.1, -0.05) is 52.0 Å². The molecule has 4 rings (SSSR count). The Morgan fingerprint density at radius 1 is 0.443 bits per heavy atom. The number of nitrogens with one attached hydrogen (secondary N) is 16. The van der Waals surface area contributed by atoms with Gasteiger partial charge in [-0.05, 0) is 92.7 Å². The number of benzene rings is 2. The molecule has 0 saturated carbocycles. The lowest BCUT2D eigenvalue weighted by Crippen LogP contribution is -2.63. The average molecular weight is 1490 g/mol. The first-order valence-corrected chi connectivity index (χ1v) is 34.0. The van der Waals surface area contributed by atoms with Gasteiger partial charge in [0.25, 0.3) is 0 Å². The van der Waals surface area contributed by atoms with Crippen molar-refractivity contribution < 1.29 is 77.6 Å². The molecule has 31 N–H and O–H groups in total. The van der Waals surface area contributed by atoms with E-state index in [1.165, 1.54) is 87.4 Å². The van der Waals surface area contributed by atoms with E-state index in [0.717, 1.165) is 6.92 Å². The Morgan fingerprint density at radius 2 is 0.821 bits per heavy atom. The number of aliphatic hydroxyl groups excluding tert-OH is 1. The fraction of sp³-hybridized carbons (Fsp3) is 0.500. The van der Waals surface area contributed by atoms with E-state index in [2.05, 4.69) is 83.7 Å². The number of aromatic amines is 2. The summed E-state index contributed by atoms with van der Waals surface area (Å²) in [5, 5.41) is 76.1. The highest BCUT2D eigenvalue weighted by molar-refractivity contribution is 6.00. The average Bonchev–Trinajstić information content (AvgIpc) is 1.03. The summed E-state index contributed by atoms with van der Waals surface area (Å²) in [5.74, 6) is -15.4. The van der Waals surface area contributed by atoms with Crippen LogP contribution in [0.15, 0.2) is 73.6 Å². The summed E-state index contributed by atoms with van der Waals surface area (Å²) in [6.07, 6.45) is 0.745. The number of phenolic OH excluding ortho intramolecular Hbond substituents is 2. The lowest BCUT2D eigenvalue weighted by Gasteiger charge is -2.30. The maximum absolute atomic E-state index is 14.6.